The third kappa shape index (κ3) is 4.10. The van der Waals surface area contributed by atoms with Crippen LogP contribution in [0.3, 0.4) is 0 Å². The Morgan fingerprint density at radius 2 is 2.15 bits per heavy atom. The number of carbonyl (C=O) groups excluding carboxylic acids is 1. The topological polar surface area (TPSA) is 80.0 Å². The molecule has 2 rings (SSSR count). The number of rotatable bonds is 5. The Morgan fingerprint density at radius 3 is 2.70 bits per heavy atom. The van der Waals surface area contributed by atoms with Gasteiger partial charge in [-0.1, -0.05) is 32.1 Å². The molecule has 0 atom stereocenters. The van der Waals surface area contributed by atoms with Crippen LogP contribution in [-0.4, -0.2) is 23.5 Å². The van der Waals surface area contributed by atoms with E-state index in [4.69, 9.17) is 5.73 Å². The van der Waals surface area contributed by atoms with Gasteiger partial charge in [0, 0.05) is 12.6 Å². The van der Waals surface area contributed by atoms with Gasteiger partial charge >= 0.3 is 0 Å². The van der Waals surface area contributed by atoms with E-state index in [0.29, 0.717) is 23.3 Å². The maximum atomic E-state index is 12.1. The largest absolute Gasteiger partial charge is 0.382 e. The molecule has 6 heteroatoms. The highest BCUT2D eigenvalue weighted by molar-refractivity contribution is 7.18. The maximum Gasteiger partial charge on any atom is 0.265 e. The molecular formula is C14H24N4OS. The van der Waals surface area contributed by atoms with Crippen LogP contribution >= 0.6 is 11.3 Å². The van der Waals surface area contributed by atoms with Crippen molar-refractivity contribution < 1.29 is 4.79 Å². The normalized spacial score (nSPS) is 15.8. The number of nitrogen functional groups attached to an aromatic ring is 1. The van der Waals surface area contributed by atoms with E-state index in [2.05, 4.69) is 36.4 Å². The van der Waals surface area contributed by atoms with Crippen molar-refractivity contribution in [2.24, 2.45) is 5.41 Å². The predicted octanol–water partition coefficient (Wildman–Crippen LogP) is 2.86. The summed E-state index contributed by atoms with van der Waals surface area (Å²) in [5.74, 6) is 0.205. The van der Waals surface area contributed by atoms with Gasteiger partial charge in [-0.2, -0.15) is 0 Å². The van der Waals surface area contributed by atoms with Gasteiger partial charge in [0.05, 0.1) is 0 Å². The number of nitrogens with zero attached hydrogens (tertiary/aromatic N) is 1. The van der Waals surface area contributed by atoms with Gasteiger partial charge in [-0.05, 0) is 31.1 Å². The molecule has 5 nitrogen and oxygen atoms in total. The van der Waals surface area contributed by atoms with Gasteiger partial charge in [0.25, 0.3) is 5.91 Å². The molecule has 0 aliphatic heterocycles. The van der Waals surface area contributed by atoms with Gasteiger partial charge in [0.15, 0.2) is 5.13 Å². The Hall–Kier alpha value is -1.30. The van der Waals surface area contributed by atoms with Crippen molar-refractivity contribution in [3.8, 4) is 0 Å². The first-order valence-electron chi connectivity index (χ1n) is 7.16. The summed E-state index contributed by atoms with van der Waals surface area (Å²) in [6.07, 6.45) is 4.54. The lowest BCUT2D eigenvalue weighted by atomic mass is 9.92. The maximum absolute atomic E-state index is 12.1. The zero-order valence-corrected chi connectivity index (χ0v) is 13.3. The molecule has 0 bridgehead atoms. The van der Waals surface area contributed by atoms with Crippen LogP contribution in [0.5, 0.6) is 0 Å². The van der Waals surface area contributed by atoms with E-state index in [1.807, 2.05) is 0 Å². The number of nitrogens with two attached hydrogens (primary N) is 1. The van der Waals surface area contributed by atoms with E-state index in [1.54, 1.807) is 0 Å². The second kappa shape index (κ2) is 5.99. The first-order valence-corrected chi connectivity index (χ1v) is 7.98. The third-order valence-corrected chi connectivity index (χ3v) is 4.45. The SMILES string of the molecule is CC(C)(C)CCNC(=O)c1sc(NC2CCC2)nc1N. The van der Waals surface area contributed by atoms with E-state index in [1.165, 1.54) is 30.6 Å². The van der Waals surface area contributed by atoms with Gasteiger partial charge < -0.3 is 16.4 Å². The number of anilines is 2. The summed E-state index contributed by atoms with van der Waals surface area (Å²) < 4.78 is 0. The minimum absolute atomic E-state index is 0.120. The molecule has 1 heterocycles. The molecule has 0 radical (unpaired) electrons. The van der Waals surface area contributed by atoms with E-state index in [-0.39, 0.29) is 11.3 Å². The smallest absolute Gasteiger partial charge is 0.265 e. The molecule has 1 aliphatic carbocycles. The lowest BCUT2D eigenvalue weighted by molar-refractivity contribution is 0.0954. The van der Waals surface area contributed by atoms with Crippen molar-refractivity contribution in [1.29, 1.82) is 0 Å². The molecule has 1 saturated carbocycles. The van der Waals surface area contributed by atoms with Gasteiger partial charge in [0.1, 0.15) is 10.7 Å². The van der Waals surface area contributed by atoms with Gasteiger partial charge in [-0.3, -0.25) is 4.79 Å². The highest BCUT2D eigenvalue weighted by atomic mass is 32.1. The van der Waals surface area contributed by atoms with Crippen LogP contribution in [0.15, 0.2) is 0 Å². The van der Waals surface area contributed by atoms with Crippen molar-refractivity contribution in [2.75, 3.05) is 17.6 Å². The summed E-state index contributed by atoms with van der Waals surface area (Å²) in [4.78, 5) is 16.8. The number of carbonyl (C=O) groups is 1. The van der Waals surface area contributed by atoms with Crippen LogP contribution in [-0.2, 0) is 0 Å². The highest BCUT2D eigenvalue weighted by Crippen LogP contribution is 2.29. The fourth-order valence-electron chi connectivity index (χ4n) is 1.91. The molecule has 0 saturated heterocycles. The fraction of sp³-hybridized carbons (Fsp3) is 0.714. The first-order chi connectivity index (χ1) is 9.35. The number of thiazole rings is 1. The molecule has 0 unspecified atom stereocenters. The van der Waals surface area contributed by atoms with E-state index < -0.39 is 0 Å². The second-order valence-corrected chi connectivity index (χ2v) is 7.57. The monoisotopic (exact) mass is 296 g/mol. The number of amides is 1. The Morgan fingerprint density at radius 1 is 1.45 bits per heavy atom. The molecule has 20 heavy (non-hydrogen) atoms. The third-order valence-electron chi connectivity index (χ3n) is 3.45. The van der Waals surface area contributed by atoms with E-state index in [9.17, 15) is 4.79 Å². The fourth-order valence-corrected chi connectivity index (χ4v) is 2.79. The number of hydrogen-bond acceptors (Lipinski definition) is 5. The molecule has 4 N–H and O–H groups in total. The number of hydrogen-bond donors (Lipinski definition) is 3. The molecule has 0 spiro atoms. The molecular weight excluding hydrogens is 272 g/mol. The summed E-state index contributed by atoms with van der Waals surface area (Å²) in [7, 11) is 0. The molecule has 1 aromatic rings. The first kappa shape index (κ1) is 15.1. The minimum Gasteiger partial charge on any atom is -0.382 e. The average Bonchev–Trinajstić information content (AvgIpc) is 2.63. The standard InChI is InChI=1S/C14H24N4OS/c1-14(2,3)7-8-16-12(19)10-11(15)18-13(20-10)17-9-5-4-6-9/h9H,4-8,15H2,1-3H3,(H,16,19)(H,17,18). The van der Waals surface area contributed by atoms with Crippen LogP contribution in [0.4, 0.5) is 10.9 Å². The van der Waals surface area contributed by atoms with E-state index in [0.717, 1.165) is 11.6 Å². The van der Waals surface area contributed by atoms with Gasteiger partial charge in [-0.15, -0.1) is 0 Å². The van der Waals surface area contributed by atoms with Crippen LogP contribution in [0.1, 0.15) is 56.1 Å². The Labute approximate surface area is 124 Å². The highest BCUT2D eigenvalue weighted by Gasteiger charge is 2.21. The van der Waals surface area contributed by atoms with Crippen LogP contribution in [0, 0.1) is 5.41 Å². The van der Waals surface area contributed by atoms with Crippen molar-refractivity contribution in [2.45, 2.75) is 52.5 Å². The molecule has 1 fully saturated rings. The Kier molecular flexibility index (Phi) is 4.52. The lowest BCUT2D eigenvalue weighted by Crippen LogP contribution is -2.27. The van der Waals surface area contributed by atoms with Crippen molar-refractivity contribution in [3.05, 3.63) is 4.88 Å². The molecule has 1 amide bonds. The van der Waals surface area contributed by atoms with Crippen molar-refractivity contribution in [3.63, 3.8) is 0 Å². The summed E-state index contributed by atoms with van der Waals surface area (Å²) in [6, 6.07) is 0.498. The van der Waals surface area contributed by atoms with Gasteiger partial charge in [0.2, 0.25) is 0 Å². The molecule has 112 valence electrons. The Balaban J connectivity index is 1.88. The minimum atomic E-state index is -0.120. The van der Waals surface area contributed by atoms with Crippen molar-refractivity contribution in [1.82, 2.24) is 10.3 Å². The summed E-state index contributed by atoms with van der Waals surface area (Å²) in [5.41, 5.74) is 6.05. The molecule has 1 aliphatic rings. The van der Waals surface area contributed by atoms with Gasteiger partial charge in [-0.25, -0.2) is 4.98 Å². The molecule has 1 aromatic heterocycles. The number of aromatic nitrogens is 1. The summed E-state index contributed by atoms with van der Waals surface area (Å²) >= 11 is 1.34. The van der Waals surface area contributed by atoms with E-state index >= 15 is 0 Å². The average molecular weight is 296 g/mol. The van der Waals surface area contributed by atoms with Crippen molar-refractivity contribution >= 4 is 28.2 Å². The second-order valence-electron chi connectivity index (χ2n) is 6.57. The zero-order valence-electron chi connectivity index (χ0n) is 12.5. The summed E-state index contributed by atoms with van der Waals surface area (Å²) in [6.45, 7) is 7.12. The number of nitrogens with one attached hydrogen (secondary N) is 2. The van der Waals surface area contributed by atoms with Crippen LogP contribution in [0.2, 0.25) is 0 Å². The lowest BCUT2D eigenvalue weighted by Gasteiger charge is -2.25. The van der Waals surface area contributed by atoms with Crippen LogP contribution < -0.4 is 16.4 Å². The molecule has 0 aromatic carbocycles. The Bertz CT molecular complexity index is 474. The zero-order chi connectivity index (χ0) is 14.8. The predicted molar refractivity (Wildman–Crippen MR) is 84.2 cm³/mol. The quantitative estimate of drug-likeness (QED) is 0.780. The summed E-state index contributed by atoms with van der Waals surface area (Å²) in [5, 5.41) is 6.99. The van der Waals surface area contributed by atoms with Crippen LogP contribution in [0.25, 0.3) is 0 Å².